The summed E-state index contributed by atoms with van der Waals surface area (Å²) in [6.07, 6.45) is 3.50. The normalized spacial score (nSPS) is 17.2. The average molecular weight is 315 g/mol. The Morgan fingerprint density at radius 3 is 2.78 bits per heavy atom. The molecule has 18 heavy (non-hydrogen) atoms. The van der Waals surface area contributed by atoms with Gasteiger partial charge < -0.3 is 5.73 Å². The van der Waals surface area contributed by atoms with Crippen molar-refractivity contribution >= 4 is 15.9 Å². The molecule has 0 spiro atoms. The van der Waals surface area contributed by atoms with Crippen molar-refractivity contribution < 1.29 is 4.39 Å². The molecule has 0 amide bonds. The predicted molar refractivity (Wildman–Crippen MR) is 75.9 cm³/mol. The van der Waals surface area contributed by atoms with E-state index in [1.165, 1.54) is 18.9 Å². The Morgan fingerprint density at radius 2 is 2.22 bits per heavy atom. The van der Waals surface area contributed by atoms with Crippen molar-refractivity contribution in [2.45, 2.75) is 38.3 Å². The van der Waals surface area contributed by atoms with Crippen LogP contribution in [0.3, 0.4) is 0 Å². The van der Waals surface area contributed by atoms with E-state index in [9.17, 15) is 4.39 Å². The van der Waals surface area contributed by atoms with Crippen molar-refractivity contribution in [1.29, 1.82) is 0 Å². The van der Waals surface area contributed by atoms with Crippen molar-refractivity contribution in [3.63, 3.8) is 0 Å². The van der Waals surface area contributed by atoms with Gasteiger partial charge in [0.2, 0.25) is 0 Å². The van der Waals surface area contributed by atoms with Gasteiger partial charge in [-0.25, -0.2) is 4.39 Å². The molecule has 2 nitrogen and oxygen atoms in total. The van der Waals surface area contributed by atoms with E-state index in [-0.39, 0.29) is 11.9 Å². The summed E-state index contributed by atoms with van der Waals surface area (Å²) in [5.74, 6) is -0.157. The third-order valence-electron chi connectivity index (χ3n) is 3.44. The summed E-state index contributed by atoms with van der Waals surface area (Å²) >= 11 is 3.41. The molecule has 100 valence electrons. The Bertz CT molecular complexity index is 407. The zero-order valence-corrected chi connectivity index (χ0v) is 12.3. The first-order valence-corrected chi connectivity index (χ1v) is 7.37. The zero-order valence-electron chi connectivity index (χ0n) is 10.7. The maximum atomic E-state index is 14.0. The van der Waals surface area contributed by atoms with Crippen molar-refractivity contribution in [3.05, 3.63) is 34.1 Å². The second-order valence-corrected chi connectivity index (χ2v) is 5.80. The molecule has 1 aromatic carbocycles. The lowest BCUT2D eigenvalue weighted by Crippen LogP contribution is -2.36. The van der Waals surface area contributed by atoms with E-state index >= 15 is 0 Å². The Labute approximate surface area is 116 Å². The number of nitrogens with zero attached hydrogens (tertiary/aromatic N) is 1. The Kier molecular flexibility index (Phi) is 4.76. The van der Waals surface area contributed by atoms with E-state index in [2.05, 4.69) is 27.8 Å². The summed E-state index contributed by atoms with van der Waals surface area (Å²) in [6.45, 7) is 3.60. The van der Waals surface area contributed by atoms with Crippen molar-refractivity contribution in [2.24, 2.45) is 5.73 Å². The zero-order chi connectivity index (χ0) is 13.1. The molecular formula is C14H20BrFN2. The van der Waals surface area contributed by atoms with E-state index in [0.717, 1.165) is 17.4 Å². The third-order valence-corrected chi connectivity index (χ3v) is 3.93. The second kappa shape index (κ2) is 6.13. The van der Waals surface area contributed by atoms with Gasteiger partial charge in [-0.2, -0.15) is 0 Å². The van der Waals surface area contributed by atoms with Gasteiger partial charge in [0, 0.05) is 22.6 Å². The number of nitrogens with two attached hydrogens (primary N) is 1. The fraction of sp³-hybridized carbons (Fsp3) is 0.571. The summed E-state index contributed by atoms with van der Waals surface area (Å²) < 4.78 is 14.9. The molecule has 2 rings (SSSR count). The van der Waals surface area contributed by atoms with E-state index in [4.69, 9.17) is 5.73 Å². The quantitative estimate of drug-likeness (QED) is 0.871. The van der Waals surface area contributed by atoms with Crippen LogP contribution in [0.4, 0.5) is 4.39 Å². The molecule has 1 fully saturated rings. The molecule has 0 bridgehead atoms. The van der Waals surface area contributed by atoms with Crippen LogP contribution >= 0.6 is 15.9 Å². The lowest BCUT2D eigenvalue weighted by Gasteiger charge is -2.31. The number of rotatable bonds is 6. The van der Waals surface area contributed by atoms with Crippen molar-refractivity contribution in [1.82, 2.24) is 4.90 Å². The van der Waals surface area contributed by atoms with Crippen LogP contribution in [-0.4, -0.2) is 24.0 Å². The van der Waals surface area contributed by atoms with Gasteiger partial charge in [-0.1, -0.05) is 22.9 Å². The minimum atomic E-state index is -0.157. The van der Waals surface area contributed by atoms with Crippen LogP contribution in [0.25, 0.3) is 0 Å². The molecule has 1 aliphatic rings. The summed E-state index contributed by atoms with van der Waals surface area (Å²) in [7, 11) is 0. The minimum absolute atomic E-state index is 0.00468. The van der Waals surface area contributed by atoms with Crippen molar-refractivity contribution in [3.8, 4) is 0 Å². The molecular weight excluding hydrogens is 295 g/mol. The fourth-order valence-corrected chi connectivity index (χ4v) is 2.85. The monoisotopic (exact) mass is 314 g/mol. The topological polar surface area (TPSA) is 29.3 Å². The molecule has 0 saturated heterocycles. The molecule has 4 heteroatoms. The molecule has 1 aliphatic carbocycles. The van der Waals surface area contributed by atoms with Crippen molar-refractivity contribution in [2.75, 3.05) is 13.1 Å². The van der Waals surface area contributed by atoms with Gasteiger partial charge in [0.1, 0.15) is 5.82 Å². The molecule has 0 aliphatic heterocycles. The van der Waals surface area contributed by atoms with Gasteiger partial charge in [0.15, 0.2) is 0 Å². The summed E-state index contributed by atoms with van der Waals surface area (Å²) in [5, 5.41) is 0. The SMILES string of the molecule is CCCN(C1CC1)C(CN)c1cc(Br)ccc1F. The van der Waals surface area contributed by atoms with Crippen LogP contribution in [-0.2, 0) is 0 Å². The molecule has 1 unspecified atom stereocenters. The Balaban J connectivity index is 2.27. The highest BCUT2D eigenvalue weighted by atomic mass is 79.9. The van der Waals surface area contributed by atoms with Gasteiger partial charge in [0.05, 0.1) is 6.04 Å². The smallest absolute Gasteiger partial charge is 0.128 e. The first kappa shape index (κ1) is 14.0. The maximum absolute atomic E-state index is 14.0. The first-order chi connectivity index (χ1) is 8.67. The van der Waals surface area contributed by atoms with Crippen LogP contribution in [0.1, 0.15) is 37.8 Å². The first-order valence-electron chi connectivity index (χ1n) is 6.58. The molecule has 0 aromatic heterocycles. The van der Waals surface area contributed by atoms with Gasteiger partial charge in [-0.3, -0.25) is 4.90 Å². The number of hydrogen-bond acceptors (Lipinski definition) is 2. The summed E-state index contributed by atoms with van der Waals surface area (Å²) in [5.41, 5.74) is 6.61. The number of hydrogen-bond donors (Lipinski definition) is 1. The van der Waals surface area contributed by atoms with E-state index in [1.807, 2.05) is 6.07 Å². The van der Waals surface area contributed by atoms with Gasteiger partial charge in [-0.05, 0) is 44.0 Å². The lowest BCUT2D eigenvalue weighted by molar-refractivity contribution is 0.188. The van der Waals surface area contributed by atoms with Crippen LogP contribution in [0, 0.1) is 5.82 Å². The highest BCUT2D eigenvalue weighted by Gasteiger charge is 2.34. The molecule has 1 saturated carbocycles. The second-order valence-electron chi connectivity index (χ2n) is 4.89. The van der Waals surface area contributed by atoms with Gasteiger partial charge in [0.25, 0.3) is 0 Å². The Morgan fingerprint density at radius 1 is 1.50 bits per heavy atom. The molecule has 1 atom stereocenters. The molecule has 2 N–H and O–H groups in total. The molecule has 1 aromatic rings. The number of halogens is 2. The predicted octanol–water partition coefficient (Wildman–Crippen LogP) is 3.46. The van der Waals surface area contributed by atoms with Crippen LogP contribution < -0.4 is 5.73 Å². The highest BCUT2D eigenvalue weighted by molar-refractivity contribution is 9.10. The molecule has 0 heterocycles. The van der Waals surface area contributed by atoms with Crippen LogP contribution in [0.2, 0.25) is 0 Å². The lowest BCUT2D eigenvalue weighted by atomic mass is 10.0. The largest absolute Gasteiger partial charge is 0.329 e. The average Bonchev–Trinajstić information content (AvgIpc) is 3.17. The van der Waals surface area contributed by atoms with E-state index in [1.54, 1.807) is 6.07 Å². The van der Waals surface area contributed by atoms with Crippen LogP contribution in [0.15, 0.2) is 22.7 Å². The number of benzene rings is 1. The maximum Gasteiger partial charge on any atom is 0.128 e. The Hall–Kier alpha value is -0.450. The minimum Gasteiger partial charge on any atom is -0.329 e. The summed E-state index contributed by atoms with van der Waals surface area (Å²) in [4.78, 5) is 2.37. The van der Waals surface area contributed by atoms with Gasteiger partial charge in [-0.15, -0.1) is 0 Å². The highest BCUT2D eigenvalue weighted by Crippen LogP contribution is 2.35. The molecule has 0 radical (unpaired) electrons. The third kappa shape index (κ3) is 3.11. The van der Waals surface area contributed by atoms with E-state index in [0.29, 0.717) is 18.2 Å². The van der Waals surface area contributed by atoms with E-state index < -0.39 is 0 Å². The van der Waals surface area contributed by atoms with Gasteiger partial charge >= 0.3 is 0 Å². The standard InChI is InChI=1S/C14H20BrFN2/c1-2-7-18(11-4-5-11)14(9-17)12-8-10(15)3-6-13(12)16/h3,6,8,11,14H,2,4-5,7,9,17H2,1H3. The van der Waals surface area contributed by atoms with Crippen LogP contribution in [0.5, 0.6) is 0 Å². The summed E-state index contributed by atoms with van der Waals surface area (Å²) in [6, 6.07) is 5.69. The fourth-order valence-electron chi connectivity index (χ4n) is 2.47.